The molecule has 0 radical (unpaired) electrons. The smallest absolute Gasteiger partial charge is 0.251 e. The molecule has 1 amide bonds. The van der Waals surface area contributed by atoms with Crippen LogP contribution >= 0.6 is 36.4 Å². The quantitative estimate of drug-likeness (QED) is 0.191. The van der Waals surface area contributed by atoms with Crippen LogP contribution in [0.15, 0.2) is 54.4 Å². The van der Waals surface area contributed by atoms with Gasteiger partial charge < -0.3 is 20.7 Å². The second-order valence-electron chi connectivity index (χ2n) is 11.7. The minimum absolute atomic E-state index is 0. The number of rotatable bonds is 12. The minimum Gasteiger partial charge on any atom is -0.456 e. The van der Waals surface area contributed by atoms with Crippen molar-refractivity contribution in [3.8, 4) is 11.5 Å². The first-order valence-corrected chi connectivity index (χ1v) is 16.6. The molecule has 1 aliphatic rings. The van der Waals surface area contributed by atoms with E-state index in [-0.39, 0.29) is 55.1 Å². The molecular weight excluding hydrogens is 678 g/mol. The molecule has 15 heteroatoms. The molecule has 0 fully saturated rings. The molecule has 252 valence electrons. The Morgan fingerprint density at radius 2 is 1.89 bits per heavy atom. The Hall–Kier alpha value is -3.16. The van der Waals surface area contributed by atoms with Crippen molar-refractivity contribution in [3.05, 3.63) is 70.5 Å². The number of nitrogens with one attached hydrogen (secondary N) is 3. The summed E-state index contributed by atoms with van der Waals surface area (Å²) in [5.74, 6) is 1.83. The van der Waals surface area contributed by atoms with Gasteiger partial charge in [-0.15, -0.1) is 24.8 Å². The van der Waals surface area contributed by atoms with E-state index in [0.29, 0.717) is 58.9 Å². The first-order chi connectivity index (χ1) is 20.8. The van der Waals surface area contributed by atoms with Gasteiger partial charge in [-0.25, -0.2) is 22.8 Å². The maximum absolute atomic E-state index is 13.2. The largest absolute Gasteiger partial charge is 0.456 e. The van der Waals surface area contributed by atoms with E-state index in [4.69, 9.17) is 16.3 Å². The third-order valence-electron chi connectivity index (χ3n) is 6.58. The lowest BCUT2D eigenvalue weighted by molar-refractivity contribution is 0.0919. The molecule has 0 aliphatic carbocycles. The Bertz CT molecular complexity index is 1640. The van der Waals surface area contributed by atoms with Crippen molar-refractivity contribution < 1.29 is 22.3 Å². The van der Waals surface area contributed by atoms with Crippen LogP contribution in [0.4, 0.5) is 21.7 Å². The van der Waals surface area contributed by atoms with Crippen LogP contribution in [0.2, 0.25) is 5.02 Å². The zero-order chi connectivity index (χ0) is 31.9. The predicted molar refractivity (Wildman–Crippen MR) is 188 cm³/mol. The fraction of sp³-hybridized carbons (Fsp3) is 0.387. The number of alkyl halides is 1. The number of aromatic nitrogens is 2. The molecule has 46 heavy (non-hydrogen) atoms. The molecule has 0 atom stereocenters. The fourth-order valence-corrected chi connectivity index (χ4v) is 5.33. The molecule has 0 saturated heterocycles. The topological polar surface area (TPSA) is 126 Å². The van der Waals surface area contributed by atoms with Crippen LogP contribution in [0.1, 0.15) is 43.1 Å². The number of carbonyl (C=O) groups excluding carboxylic acids is 1. The maximum atomic E-state index is 13.2. The zero-order valence-electron chi connectivity index (χ0n) is 26.1. The Labute approximate surface area is 287 Å². The summed E-state index contributed by atoms with van der Waals surface area (Å²) in [4.78, 5) is 23.2. The summed E-state index contributed by atoms with van der Waals surface area (Å²) in [6, 6.07) is 12.1. The van der Waals surface area contributed by atoms with Crippen molar-refractivity contribution in [3.63, 3.8) is 0 Å². The molecule has 0 unspecified atom stereocenters. The molecule has 1 aliphatic heterocycles. The molecule has 2 aromatic carbocycles. The van der Waals surface area contributed by atoms with Crippen molar-refractivity contribution in [2.24, 2.45) is 0 Å². The second kappa shape index (κ2) is 17.1. The monoisotopic (exact) mass is 716 g/mol. The van der Waals surface area contributed by atoms with Gasteiger partial charge in [-0.05, 0) is 69.7 Å². The van der Waals surface area contributed by atoms with E-state index in [1.165, 1.54) is 12.6 Å². The van der Waals surface area contributed by atoms with Crippen LogP contribution < -0.4 is 20.7 Å². The number of halogens is 4. The molecule has 10 nitrogen and oxygen atoms in total. The van der Waals surface area contributed by atoms with Crippen molar-refractivity contribution in [1.29, 1.82) is 0 Å². The molecule has 3 N–H and O–H groups in total. The SMILES string of the molecule is CC(C)(C)NC(=O)c1cccc(Oc2ccc(Nc3ncnc4c3C=C(CN(CCF)CCS(C)(=O)=O)CCN4)cc2Cl)c1.Cl.Cl. The van der Waals surface area contributed by atoms with E-state index in [1.54, 1.807) is 47.4 Å². The standard InChI is InChI=1S/C31H38ClFN6O4S.2ClH/c1-31(2,3)38-30(40)22-6-5-7-24(17-22)43-27-9-8-23(18-26(27)32)37-29-25-16-21(10-12-34-28(25)35-20-36-29)19-39(13-11-33)14-15-44(4,41)42;;/h5-9,16-18,20H,10-15,19H2,1-4H3,(H,38,40)(H2,34,35,36,37);2*1H. The molecular formula is C31H40Cl3FN6O4S. The van der Waals surface area contributed by atoms with Crippen LogP contribution in [0.5, 0.6) is 11.5 Å². The lowest BCUT2D eigenvalue weighted by Gasteiger charge is -2.22. The third kappa shape index (κ3) is 11.9. The lowest BCUT2D eigenvalue weighted by Crippen LogP contribution is -2.40. The molecule has 0 bridgehead atoms. The summed E-state index contributed by atoms with van der Waals surface area (Å²) in [6.45, 7) is 6.60. The molecule has 3 aromatic rings. The highest BCUT2D eigenvalue weighted by Gasteiger charge is 2.19. The lowest BCUT2D eigenvalue weighted by atomic mass is 10.1. The summed E-state index contributed by atoms with van der Waals surface area (Å²) in [7, 11) is -3.17. The van der Waals surface area contributed by atoms with Crippen LogP contribution in [-0.2, 0) is 9.84 Å². The average molecular weight is 718 g/mol. The molecule has 1 aromatic heterocycles. The second-order valence-corrected chi connectivity index (χ2v) is 14.3. The van der Waals surface area contributed by atoms with Crippen molar-refractivity contribution >= 4 is 75.6 Å². The van der Waals surface area contributed by atoms with Crippen LogP contribution in [0.3, 0.4) is 0 Å². The van der Waals surface area contributed by atoms with E-state index in [9.17, 15) is 17.6 Å². The van der Waals surface area contributed by atoms with E-state index < -0.39 is 16.5 Å². The molecule has 2 heterocycles. The van der Waals surface area contributed by atoms with Crippen LogP contribution in [0.25, 0.3) is 6.08 Å². The normalized spacial score (nSPS) is 12.8. The van der Waals surface area contributed by atoms with Crippen molar-refractivity contribution in [2.75, 3.05) is 55.5 Å². The number of anilines is 3. The minimum atomic E-state index is -3.17. The number of fused-ring (bicyclic) bond motifs is 1. The number of hydrogen-bond acceptors (Lipinski definition) is 9. The number of ether oxygens (including phenoxy) is 1. The first-order valence-electron chi connectivity index (χ1n) is 14.2. The van der Waals surface area contributed by atoms with E-state index in [0.717, 1.165) is 11.1 Å². The van der Waals surface area contributed by atoms with E-state index in [1.807, 2.05) is 26.8 Å². The van der Waals surface area contributed by atoms with Gasteiger partial charge in [0.05, 0.1) is 16.3 Å². The van der Waals surface area contributed by atoms with Crippen LogP contribution in [-0.4, -0.2) is 79.6 Å². The maximum Gasteiger partial charge on any atom is 0.251 e. The summed E-state index contributed by atoms with van der Waals surface area (Å²) in [5.41, 5.74) is 2.49. The van der Waals surface area contributed by atoms with Gasteiger partial charge in [0, 0.05) is 49.2 Å². The van der Waals surface area contributed by atoms with E-state index >= 15 is 0 Å². The Morgan fingerprint density at radius 1 is 1.13 bits per heavy atom. The highest BCUT2D eigenvalue weighted by molar-refractivity contribution is 7.90. The Kier molecular flexibility index (Phi) is 14.5. The van der Waals surface area contributed by atoms with Gasteiger partial charge in [0.2, 0.25) is 0 Å². The number of amides is 1. The highest BCUT2D eigenvalue weighted by Crippen LogP contribution is 2.34. The van der Waals surface area contributed by atoms with Crippen LogP contribution in [0, 0.1) is 0 Å². The van der Waals surface area contributed by atoms with Crippen molar-refractivity contribution in [1.82, 2.24) is 20.2 Å². The molecule has 4 rings (SSSR count). The third-order valence-corrected chi connectivity index (χ3v) is 7.80. The fourth-order valence-electron chi connectivity index (χ4n) is 4.53. The molecule has 0 spiro atoms. The van der Waals surface area contributed by atoms with Gasteiger partial charge in [0.25, 0.3) is 5.91 Å². The summed E-state index contributed by atoms with van der Waals surface area (Å²) < 4.78 is 42.6. The average Bonchev–Trinajstić information content (AvgIpc) is 3.15. The van der Waals surface area contributed by atoms with Gasteiger partial charge in [-0.1, -0.05) is 23.2 Å². The summed E-state index contributed by atoms with van der Waals surface area (Å²) in [5, 5.41) is 9.89. The zero-order valence-corrected chi connectivity index (χ0v) is 29.3. The number of benzene rings is 2. The number of hydrogen-bond donors (Lipinski definition) is 3. The van der Waals surface area contributed by atoms with Crippen molar-refractivity contribution in [2.45, 2.75) is 32.7 Å². The first kappa shape index (κ1) is 39.0. The van der Waals surface area contributed by atoms with E-state index in [2.05, 4.69) is 25.9 Å². The van der Waals surface area contributed by atoms with Gasteiger partial charge in [0.15, 0.2) is 0 Å². The Balaban J connectivity index is 0.00000368. The van der Waals surface area contributed by atoms with Gasteiger partial charge in [0.1, 0.15) is 46.0 Å². The number of carbonyl (C=O) groups is 1. The van der Waals surface area contributed by atoms with Gasteiger partial charge >= 0.3 is 0 Å². The predicted octanol–water partition coefficient (Wildman–Crippen LogP) is 6.55. The van der Waals surface area contributed by atoms with Gasteiger partial charge in [-0.3, -0.25) is 9.69 Å². The molecule has 0 saturated carbocycles. The summed E-state index contributed by atoms with van der Waals surface area (Å²) in [6.07, 6.45) is 5.27. The Morgan fingerprint density at radius 3 is 2.57 bits per heavy atom. The summed E-state index contributed by atoms with van der Waals surface area (Å²) >= 11 is 6.60. The van der Waals surface area contributed by atoms with Gasteiger partial charge in [-0.2, -0.15) is 0 Å². The number of sulfone groups is 1. The number of nitrogens with zero attached hydrogens (tertiary/aromatic N) is 3. The highest BCUT2D eigenvalue weighted by atomic mass is 35.5.